The van der Waals surface area contributed by atoms with Crippen LogP contribution in [-0.4, -0.2) is 49.3 Å². The van der Waals surface area contributed by atoms with E-state index in [4.69, 9.17) is 29.2 Å². The molecular formula is C31H30FN7O4. The molecule has 5 aromatic rings. The second-order valence-corrected chi connectivity index (χ2v) is 10.5. The minimum Gasteiger partial charge on any atom is -0.492 e. The van der Waals surface area contributed by atoms with Crippen molar-refractivity contribution in [2.45, 2.75) is 38.8 Å². The molecule has 1 N–H and O–H groups in total. The average Bonchev–Trinajstić information content (AvgIpc) is 3.60. The van der Waals surface area contributed by atoms with E-state index in [0.717, 1.165) is 48.5 Å². The molecule has 0 spiro atoms. The monoisotopic (exact) mass is 583 g/mol. The van der Waals surface area contributed by atoms with Crippen LogP contribution in [0.3, 0.4) is 0 Å². The maximum absolute atomic E-state index is 14.2. The molecule has 3 aromatic heterocycles. The molecule has 1 aliphatic rings. The van der Waals surface area contributed by atoms with Crippen LogP contribution < -0.4 is 15.2 Å². The van der Waals surface area contributed by atoms with E-state index in [9.17, 15) is 9.18 Å². The molecule has 6 rings (SSSR count). The first-order valence-corrected chi connectivity index (χ1v) is 14.1. The number of nitrogens with one attached hydrogen (secondary N) is 1. The van der Waals surface area contributed by atoms with Crippen LogP contribution in [0.1, 0.15) is 48.3 Å². The highest BCUT2D eigenvalue weighted by Gasteiger charge is 2.24. The Morgan fingerprint density at radius 2 is 1.98 bits per heavy atom. The van der Waals surface area contributed by atoms with Gasteiger partial charge in [-0.05, 0) is 63.2 Å². The van der Waals surface area contributed by atoms with Gasteiger partial charge in [0.05, 0.1) is 30.3 Å². The summed E-state index contributed by atoms with van der Waals surface area (Å²) in [6, 6.07) is 15.7. The molecule has 0 saturated carbocycles. The fourth-order valence-corrected chi connectivity index (χ4v) is 5.41. The number of ether oxygens (including phenoxy) is 2. The lowest BCUT2D eigenvalue weighted by Crippen LogP contribution is -2.33. The third-order valence-electron chi connectivity index (χ3n) is 7.73. The largest absolute Gasteiger partial charge is 0.492 e. The van der Waals surface area contributed by atoms with Gasteiger partial charge in [0.25, 0.3) is 0 Å². The molecule has 0 bridgehead atoms. The van der Waals surface area contributed by atoms with Crippen molar-refractivity contribution in [1.82, 2.24) is 29.6 Å². The Morgan fingerprint density at radius 3 is 2.70 bits per heavy atom. The van der Waals surface area contributed by atoms with Crippen molar-refractivity contribution in [2.24, 2.45) is 7.05 Å². The van der Waals surface area contributed by atoms with Gasteiger partial charge in [0.15, 0.2) is 5.82 Å². The van der Waals surface area contributed by atoms with Crippen LogP contribution in [0, 0.1) is 17.1 Å². The number of likely N-dealkylation sites (tertiary alicyclic amines) is 1. The molecule has 0 unspecified atom stereocenters. The zero-order chi connectivity index (χ0) is 29.9. The highest BCUT2D eigenvalue weighted by Crippen LogP contribution is 2.33. The van der Waals surface area contributed by atoms with E-state index in [1.54, 1.807) is 18.2 Å². The minimum atomic E-state index is -0.616. The van der Waals surface area contributed by atoms with E-state index >= 15 is 0 Å². The summed E-state index contributed by atoms with van der Waals surface area (Å²) in [5.41, 5.74) is 3.91. The summed E-state index contributed by atoms with van der Waals surface area (Å²) in [6.07, 6.45) is 1.86. The fraction of sp³-hybridized carbons (Fsp3) is 0.323. The second-order valence-electron chi connectivity index (χ2n) is 10.5. The second kappa shape index (κ2) is 12.1. The fourth-order valence-electron chi connectivity index (χ4n) is 5.41. The number of nitrogens with zero attached hydrogens (tertiary/aromatic N) is 6. The number of imidazole rings is 1. The third-order valence-corrected chi connectivity index (χ3v) is 7.73. The van der Waals surface area contributed by atoms with Gasteiger partial charge in [-0.15, -0.1) is 0 Å². The number of halogens is 1. The average molecular weight is 584 g/mol. The first-order valence-electron chi connectivity index (χ1n) is 14.1. The van der Waals surface area contributed by atoms with Crippen LogP contribution in [-0.2, 0) is 20.2 Å². The number of H-pyrrole nitrogens is 1. The van der Waals surface area contributed by atoms with Crippen LogP contribution in [0.25, 0.3) is 22.4 Å². The van der Waals surface area contributed by atoms with Crippen molar-refractivity contribution in [1.29, 1.82) is 5.26 Å². The molecule has 1 saturated heterocycles. The third kappa shape index (κ3) is 5.98. The van der Waals surface area contributed by atoms with E-state index in [2.05, 4.69) is 15.0 Å². The lowest BCUT2D eigenvalue weighted by Gasteiger charge is -2.31. The molecule has 1 aliphatic heterocycles. The van der Waals surface area contributed by atoms with Crippen LogP contribution >= 0.6 is 0 Å². The predicted molar refractivity (Wildman–Crippen MR) is 155 cm³/mol. The Kier molecular flexibility index (Phi) is 7.89. The summed E-state index contributed by atoms with van der Waals surface area (Å²) < 4.78 is 32.7. The zero-order valence-electron chi connectivity index (χ0n) is 23.8. The summed E-state index contributed by atoms with van der Waals surface area (Å²) in [5.74, 6) is 1.51. The van der Waals surface area contributed by atoms with Crippen molar-refractivity contribution in [3.8, 4) is 29.1 Å². The molecule has 11 nitrogen and oxygen atoms in total. The van der Waals surface area contributed by atoms with E-state index < -0.39 is 11.6 Å². The molecule has 0 radical (unpaired) electrons. The maximum atomic E-state index is 14.2. The number of fused-ring (bicyclic) bond motifs is 1. The Morgan fingerprint density at radius 1 is 1.14 bits per heavy atom. The van der Waals surface area contributed by atoms with E-state index in [1.165, 1.54) is 6.07 Å². The van der Waals surface area contributed by atoms with Gasteiger partial charge >= 0.3 is 5.76 Å². The first-order chi connectivity index (χ1) is 20.9. The molecular weight excluding hydrogens is 553 g/mol. The molecule has 220 valence electrons. The number of nitriles is 1. The molecule has 0 aliphatic carbocycles. The van der Waals surface area contributed by atoms with Crippen LogP contribution in [0.5, 0.6) is 11.6 Å². The summed E-state index contributed by atoms with van der Waals surface area (Å²) in [6.45, 7) is 4.84. The van der Waals surface area contributed by atoms with Crippen molar-refractivity contribution >= 4 is 11.0 Å². The Labute approximate surface area is 246 Å². The van der Waals surface area contributed by atoms with Crippen molar-refractivity contribution in [2.75, 3.05) is 19.7 Å². The molecule has 12 heteroatoms. The Balaban J connectivity index is 1.11. The van der Waals surface area contributed by atoms with Crippen molar-refractivity contribution in [3.05, 3.63) is 87.5 Å². The number of benzene rings is 2. The smallest absolute Gasteiger partial charge is 0.439 e. The van der Waals surface area contributed by atoms with Gasteiger partial charge in [0, 0.05) is 35.9 Å². The van der Waals surface area contributed by atoms with Crippen LogP contribution in [0.4, 0.5) is 4.39 Å². The highest BCUT2D eigenvalue weighted by molar-refractivity contribution is 5.87. The quantitative estimate of drug-likeness (QED) is 0.262. The normalized spacial score (nSPS) is 14.2. The summed E-state index contributed by atoms with van der Waals surface area (Å²) in [5, 5.41) is 12.8. The van der Waals surface area contributed by atoms with E-state index in [0.29, 0.717) is 41.7 Å². The predicted octanol–water partition coefficient (Wildman–Crippen LogP) is 4.68. The molecule has 43 heavy (non-hydrogen) atoms. The topological polar surface area (TPSA) is 135 Å². The van der Waals surface area contributed by atoms with Gasteiger partial charge in [0.2, 0.25) is 5.88 Å². The molecule has 2 aromatic carbocycles. The van der Waals surface area contributed by atoms with Gasteiger partial charge in [-0.1, -0.05) is 17.3 Å². The van der Waals surface area contributed by atoms with Crippen molar-refractivity contribution < 1.29 is 18.4 Å². The van der Waals surface area contributed by atoms with E-state index in [1.807, 2.05) is 48.9 Å². The van der Waals surface area contributed by atoms with Crippen LogP contribution in [0.2, 0.25) is 0 Å². The lowest BCUT2D eigenvalue weighted by atomic mass is 9.93. The molecule has 1 fully saturated rings. The SMILES string of the molecule is CCOc1cc(-c2noc(=O)[nH]2)cc2c1nc(CN1CCC(c3cccc(OCc4ccc(C#N)cc4F)n3)CC1)n2C. The van der Waals surface area contributed by atoms with Gasteiger partial charge in [-0.2, -0.15) is 5.26 Å². The summed E-state index contributed by atoms with van der Waals surface area (Å²) in [4.78, 5) is 26.1. The number of aromatic amines is 1. The molecule has 0 amide bonds. The lowest BCUT2D eigenvalue weighted by molar-refractivity contribution is 0.197. The summed E-state index contributed by atoms with van der Waals surface area (Å²) in [7, 11) is 1.97. The number of aromatic nitrogens is 5. The number of hydrogen-bond acceptors (Lipinski definition) is 9. The highest BCUT2D eigenvalue weighted by atomic mass is 19.1. The zero-order valence-corrected chi connectivity index (χ0v) is 23.8. The van der Waals surface area contributed by atoms with Gasteiger partial charge in [-0.25, -0.2) is 19.2 Å². The number of hydrogen-bond donors (Lipinski definition) is 1. The number of pyridine rings is 1. The van der Waals surface area contributed by atoms with E-state index in [-0.39, 0.29) is 18.1 Å². The molecule has 4 heterocycles. The Bertz CT molecular complexity index is 1860. The number of aryl methyl sites for hydroxylation is 1. The molecule has 0 atom stereocenters. The first kappa shape index (κ1) is 28.1. The maximum Gasteiger partial charge on any atom is 0.439 e. The van der Waals surface area contributed by atoms with Gasteiger partial charge in [0.1, 0.15) is 29.5 Å². The standard InChI is InChI=1S/C31H30FN7O4/c1-3-41-26-15-22(30-36-31(40)43-37-30)14-25-29(26)35-27(38(25)2)17-39-11-9-20(10-12-39)24-5-4-6-28(34-24)42-18-21-8-7-19(16-33)13-23(21)32/h4-8,13-15,20H,3,9-12,17-18H2,1-2H3,(H,36,37,40). The summed E-state index contributed by atoms with van der Waals surface area (Å²) >= 11 is 0. The van der Waals surface area contributed by atoms with Gasteiger partial charge in [-0.3, -0.25) is 14.4 Å². The van der Waals surface area contributed by atoms with Crippen molar-refractivity contribution in [3.63, 3.8) is 0 Å². The number of piperidine rings is 1. The number of rotatable bonds is 9. The Hall–Kier alpha value is -5.02. The van der Waals surface area contributed by atoms with Crippen LogP contribution in [0.15, 0.2) is 57.8 Å². The van der Waals surface area contributed by atoms with Gasteiger partial charge < -0.3 is 14.0 Å². The minimum absolute atomic E-state index is 0.0352.